The molecule has 1 saturated heterocycles. The van der Waals surface area contributed by atoms with Crippen LogP contribution in [0.1, 0.15) is 60.3 Å². The zero-order valence-electron chi connectivity index (χ0n) is 15.4. The fraction of sp³-hybridized carbons (Fsp3) is 1.00. The monoisotopic (exact) mass is 312 g/mol. The number of piperidine rings is 1. The van der Waals surface area contributed by atoms with Gasteiger partial charge in [0.15, 0.2) is 0 Å². The van der Waals surface area contributed by atoms with E-state index in [1.54, 1.807) is 4.90 Å². The van der Waals surface area contributed by atoms with E-state index in [4.69, 9.17) is 4.74 Å². The number of rotatable bonds is 5. The number of nitrogens with one attached hydrogen (secondary N) is 1. The average Bonchev–Trinajstić information content (AvgIpc) is 2.32. The van der Waals surface area contributed by atoms with Crippen molar-refractivity contribution < 1.29 is 14.7 Å². The summed E-state index contributed by atoms with van der Waals surface area (Å²) in [5, 5.41) is 10.4. The third kappa shape index (κ3) is 5.82. The Labute approximate surface area is 137 Å². The van der Waals surface area contributed by atoms with Gasteiger partial charge < -0.3 is 14.7 Å². The Morgan fingerprint density at radius 2 is 1.68 bits per heavy atom. The van der Waals surface area contributed by atoms with Crippen LogP contribution in [-0.2, 0) is 4.74 Å². The van der Waals surface area contributed by atoms with Gasteiger partial charge in [0.25, 0.3) is 0 Å². The number of likely N-dealkylation sites (tertiary alicyclic amines) is 1. The highest BCUT2D eigenvalue weighted by molar-refractivity contribution is 4.83. The number of hydrogen-bond donors (Lipinski definition) is 2. The molecule has 3 heteroatoms. The van der Waals surface area contributed by atoms with E-state index in [-0.39, 0.29) is 6.10 Å². The number of hydrogen-bond acceptors (Lipinski definition) is 2. The van der Waals surface area contributed by atoms with Crippen LogP contribution >= 0.6 is 0 Å². The SMILES string of the molecule is C[C@@H]1C[C@H](C)C[NH+](C[C@@H](O)CO[C@@H]2C[C@H](C)CC(C)(C)C2)C1. The molecule has 2 N–H and O–H groups in total. The summed E-state index contributed by atoms with van der Waals surface area (Å²) in [6.07, 6.45) is 4.94. The van der Waals surface area contributed by atoms with Gasteiger partial charge in [0.05, 0.1) is 25.8 Å². The van der Waals surface area contributed by atoms with Gasteiger partial charge in [-0.2, -0.15) is 0 Å². The fourth-order valence-corrected chi connectivity index (χ4v) is 5.11. The summed E-state index contributed by atoms with van der Waals surface area (Å²) < 4.78 is 6.08. The molecule has 0 amide bonds. The summed E-state index contributed by atoms with van der Waals surface area (Å²) in [6.45, 7) is 15.5. The van der Waals surface area contributed by atoms with Crippen molar-refractivity contribution in [2.75, 3.05) is 26.2 Å². The van der Waals surface area contributed by atoms with Crippen LogP contribution in [0.25, 0.3) is 0 Å². The van der Waals surface area contributed by atoms with Crippen molar-refractivity contribution in [2.24, 2.45) is 23.2 Å². The second-order valence-corrected chi connectivity index (χ2v) is 9.33. The number of quaternary nitrogens is 1. The highest BCUT2D eigenvalue weighted by atomic mass is 16.5. The molecule has 0 aromatic carbocycles. The zero-order valence-corrected chi connectivity index (χ0v) is 15.4. The van der Waals surface area contributed by atoms with Gasteiger partial charge in [-0.25, -0.2) is 0 Å². The highest BCUT2D eigenvalue weighted by Crippen LogP contribution is 2.39. The summed E-state index contributed by atoms with van der Waals surface area (Å²) in [6, 6.07) is 0. The van der Waals surface area contributed by atoms with Crippen molar-refractivity contribution in [1.29, 1.82) is 0 Å². The normalized spacial score (nSPS) is 40.4. The van der Waals surface area contributed by atoms with Crippen molar-refractivity contribution in [3.05, 3.63) is 0 Å². The van der Waals surface area contributed by atoms with Crippen molar-refractivity contribution in [3.63, 3.8) is 0 Å². The number of aliphatic hydroxyl groups excluding tert-OH is 1. The van der Waals surface area contributed by atoms with Crippen molar-refractivity contribution in [2.45, 2.75) is 72.5 Å². The van der Waals surface area contributed by atoms with Crippen LogP contribution in [0.4, 0.5) is 0 Å². The van der Waals surface area contributed by atoms with Crippen molar-refractivity contribution in [3.8, 4) is 0 Å². The van der Waals surface area contributed by atoms with Crippen LogP contribution in [0, 0.1) is 23.2 Å². The summed E-state index contributed by atoms with van der Waals surface area (Å²) in [5.41, 5.74) is 0.385. The zero-order chi connectivity index (χ0) is 16.3. The minimum absolute atomic E-state index is 0.312. The van der Waals surface area contributed by atoms with Crippen LogP contribution in [-0.4, -0.2) is 43.6 Å². The maximum Gasteiger partial charge on any atom is 0.126 e. The lowest BCUT2D eigenvalue weighted by atomic mass is 9.71. The minimum Gasteiger partial charge on any atom is -0.385 e. The summed E-state index contributed by atoms with van der Waals surface area (Å²) >= 11 is 0. The lowest BCUT2D eigenvalue weighted by Crippen LogP contribution is -3.15. The molecule has 6 atom stereocenters. The molecule has 1 saturated carbocycles. The van der Waals surface area contributed by atoms with Gasteiger partial charge in [-0.1, -0.05) is 34.6 Å². The van der Waals surface area contributed by atoms with Crippen molar-refractivity contribution in [1.82, 2.24) is 0 Å². The molecule has 1 aliphatic heterocycles. The molecule has 1 aliphatic carbocycles. The largest absolute Gasteiger partial charge is 0.385 e. The number of ether oxygens (including phenoxy) is 1. The van der Waals surface area contributed by atoms with Gasteiger partial charge in [-0.15, -0.1) is 0 Å². The molecule has 3 nitrogen and oxygen atoms in total. The molecule has 0 radical (unpaired) electrons. The van der Waals surface area contributed by atoms with Crippen LogP contribution < -0.4 is 4.90 Å². The molecule has 2 rings (SSSR count). The lowest BCUT2D eigenvalue weighted by molar-refractivity contribution is -0.915. The van der Waals surface area contributed by atoms with Crippen LogP contribution in [0.15, 0.2) is 0 Å². The Kier molecular flexibility index (Phi) is 6.32. The first-order valence-corrected chi connectivity index (χ1v) is 9.36. The second kappa shape index (κ2) is 7.63. The Morgan fingerprint density at radius 3 is 2.27 bits per heavy atom. The van der Waals surface area contributed by atoms with E-state index in [0.717, 1.165) is 37.1 Å². The van der Waals surface area contributed by atoms with Gasteiger partial charge in [0.1, 0.15) is 12.6 Å². The summed E-state index contributed by atoms with van der Waals surface area (Å²) in [7, 11) is 0. The van der Waals surface area contributed by atoms with E-state index in [9.17, 15) is 5.11 Å². The van der Waals surface area contributed by atoms with Crippen LogP contribution in [0.2, 0.25) is 0 Å². The Bertz CT molecular complexity index is 334. The third-order valence-corrected chi connectivity index (χ3v) is 5.47. The average molecular weight is 313 g/mol. The van der Waals surface area contributed by atoms with Gasteiger partial charge >= 0.3 is 0 Å². The second-order valence-electron chi connectivity index (χ2n) is 9.33. The smallest absolute Gasteiger partial charge is 0.126 e. The van der Waals surface area contributed by atoms with E-state index in [1.807, 2.05) is 0 Å². The van der Waals surface area contributed by atoms with Crippen LogP contribution in [0.5, 0.6) is 0 Å². The fourth-order valence-electron chi connectivity index (χ4n) is 5.11. The first-order chi connectivity index (χ1) is 10.2. The highest BCUT2D eigenvalue weighted by Gasteiger charge is 2.33. The minimum atomic E-state index is -0.312. The van der Waals surface area contributed by atoms with Gasteiger partial charge in [0, 0.05) is 11.8 Å². The maximum atomic E-state index is 10.4. The molecule has 0 aromatic rings. The topological polar surface area (TPSA) is 33.9 Å². The standard InChI is InChI=1S/C19H37NO2/c1-14-7-18(9-19(4,5)8-14)22-13-17(21)12-20-10-15(2)6-16(3)11-20/h14-18,21H,6-13H2,1-5H3/p+1/t14-,15-,16+,17+,18+/m0/s1. The Balaban J connectivity index is 1.72. The molecular formula is C19H38NO2+. The maximum absolute atomic E-state index is 10.4. The molecule has 2 aliphatic rings. The molecule has 1 heterocycles. The predicted octanol–water partition coefficient (Wildman–Crippen LogP) is 2.14. The first kappa shape index (κ1) is 18.2. The van der Waals surface area contributed by atoms with E-state index in [0.29, 0.717) is 18.1 Å². The van der Waals surface area contributed by atoms with Crippen molar-refractivity contribution >= 4 is 0 Å². The molecule has 1 unspecified atom stereocenters. The molecule has 0 bridgehead atoms. The lowest BCUT2D eigenvalue weighted by Gasteiger charge is -2.39. The van der Waals surface area contributed by atoms with Crippen LogP contribution in [0.3, 0.4) is 0 Å². The van der Waals surface area contributed by atoms with E-state index in [1.165, 1.54) is 25.9 Å². The molecule has 22 heavy (non-hydrogen) atoms. The van der Waals surface area contributed by atoms with E-state index >= 15 is 0 Å². The molecule has 2 fully saturated rings. The first-order valence-electron chi connectivity index (χ1n) is 9.36. The quantitative estimate of drug-likeness (QED) is 0.815. The summed E-state index contributed by atoms with van der Waals surface area (Å²) in [5.74, 6) is 2.30. The molecule has 130 valence electrons. The summed E-state index contributed by atoms with van der Waals surface area (Å²) in [4.78, 5) is 1.56. The Morgan fingerprint density at radius 1 is 1.05 bits per heavy atom. The van der Waals surface area contributed by atoms with E-state index in [2.05, 4.69) is 34.6 Å². The Hall–Kier alpha value is -0.120. The van der Waals surface area contributed by atoms with Gasteiger partial charge in [-0.05, 0) is 37.0 Å². The molecule has 0 aromatic heterocycles. The molecular weight excluding hydrogens is 274 g/mol. The third-order valence-electron chi connectivity index (χ3n) is 5.47. The van der Waals surface area contributed by atoms with E-state index < -0.39 is 0 Å². The number of aliphatic hydroxyl groups is 1. The van der Waals surface area contributed by atoms with Gasteiger partial charge in [0.2, 0.25) is 0 Å². The predicted molar refractivity (Wildman–Crippen MR) is 91.1 cm³/mol. The molecule has 0 spiro atoms. The van der Waals surface area contributed by atoms with Gasteiger partial charge in [-0.3, -0.25) is 0 Å².